The van der Waals surface area contributed by atoms with Crippen LogP contribution < -0.4 is 5.73 Å². The minimum absolute atomic E-state index is 0.153. The van der Waals surface area contributed by atoms with Crippen LogP contribution in [0.2, 0.25) is 0 Å². The second-order valence-electron chi connectivity index (χ2n) is 3.41. The first-order chi connectivity index (χ1) is 4.66. The van der Waals surface area contributed by atoms with Crippen molar-refractivity contribution >= 4 is 0 Å². The van der Waals surface area contributed by atoms with Crippen LogP contribution in [0.5, 0.6) is 0 Å². The molecule has 0 amide bonds. The highest BCUT2D eigenvalue weighted by molar-refractivity contribution is 4.90. The second kappa shape index (κ2) is 2.89. The topological polar surface area (TPSA) is 46.2 Å². The fourth-order valence-corrected chi connectivity index (χ4v) is 1.81. The molecular formula is C8H17NO. The van der Waals surface area contributed by atoms with E-state index in [1.165, 1.54) is 0 Å². The lowest BCUT2D eigenvalue weighted by Crippen LogP contribution is -2.31. The van der Waals surface area contributed by atoms with E-state index < -0.39 is 0 Å². The summed E-state index contributed by atoms with van der Waals surface area (Å²) in [5.41, 5.74) is 5.86. The first kappa shape index (κ1) is 8.02. The Morgan fingerprint density at radius 1 is 1.60 bits per heavy atom. The molecule has 60 valence electrons. The Morgan fingerprint density at radius 3 is 2.40 bits per heavy atom. The Kier molecular flexibility index (Phi) is 2.32. The van der Waals surface area contributed by atoms with E-state index in [0.29, 0.717) is 11.8 Å². The van der Waals surface area contributed by atoms with Gasteiger partial charge in [0.15, 0.2) is 0 Å². The SMILES string of the molecule is CCC1CC(O)C(C)C1N. The zero-order valence-electron chi connectivity index (χ0n) is 6.75. The minimum atomic E-state index is -0.153. The average molecular weight is 143 g/mol. The number of aliphatic hydroxyl groups is 1. The zero-order chi connectivity index (χ0) is 7.72. The molecule has 0 aromatic rings. The van der Waals surface area contributed by atoms with Crippen LogP contribution in [0.4, 0.5) is 0 Å². The van der Waals surface area contributed by atoms with E-state index in [1.54, 1.807) is 0 Å². The van der Waals surface area contributed by atoms with Gasteiger partial charge in [-0.25, -0.2) is 0 Å². The first-order valence-corrected chi connectivity index (χ1v) is 4.10. The van der Waals surface area contributed by atoms with E-state index in [0.717, 1.165) is 12.8 Å². The summed E-state index contributed by atoms with van der Waals surface area (Å²) in [7, 11) is 0. The maximum Gasteiger partial charge on any atom is 0.0583 e. The van der Waals surface area contributed by atoms with Crippen molar-refractivity contribution in [3.05, 3.63) is 0 Å². The normalized spacial score (nSPS) is 48.0. The van der Waals surface area contributed by atoms with Crippen molar-refractivity contribution in [1.29, 1.82) is 0 Å². The van der Waals surface area contributed by atoms with E-state index in [-0.39, 0.29) is 12.1 Å². The Bertz CT molecular complexity index is 116. The molecule has 1 fully saturated rings. The second-order valence-corrected chi connectivity index (χ2v) is 3.41. The van der Waals surface area contributed by atoms with Gasteiger partial charge in [-0.15, -0.1) is 0 Å². The van der Waals surface area contributed by atoms with Gasteiger partial charge in [0.1, 0.15) is 0 Å². The molecule has 0 radical (unpaired) electrons. The molecule has 3 N–H and O–H groups in total. The molecular weight excluding hydrogens is 126 g/mol. The van der Waals surface area contributed by atoms with Gasteiger partial charge in [-0.3, -0.25) is 0 Å². The highest BCUT2D eigenvalue weighted by Gasteiger charge is 2.35. The van der Waals surface area contributed by atoms with Crippen molar-refractivity contribution in [3.8, 4) is 0 Å². The third kappa shape index (κ3) is 1.18. The summed E-state index contributed by atoms with van der Waals surface area (Å²) in [5, 5.41) is 9.39. The summed E-state index contributed by atoms with van der Waals surface area (Å²) in [6.45, 7) is 4.17. The molecule has 2 nitrogen and oxygen atoms in total. The maximum absolute atomic E-state index is 9.39. The molecule has 4 atom stereocenters. The molecule has 4 unspecified atom stereocenters. The van der Waals surface area contributed by atoms with E-state index in [4.69, 9.17) is 5.73 Å². The Balaban J connectivity index is 2.53. The molecule has 0 aliphatic heterocycles. The molecule has 0 spiro atoms. The standard InChI is InChI=1S/C8H17NO/c1-3-6-4-7(10)5(2)8(6)9/h5-8,10H,3-4,9H2,1-2H3. The number of hydrogen-bond donors (Lipinski definition) is 2. The highest BCUT2D eigenvalue weighted by Crippen LogP contribution is 2.31. The minimum Gasteiger partial charge on any atom is -0.393 e. The van der Waals surface area contributed by atoms with Gasteiger partial charge in [-0.05, 0) is 18.3 Å². The number of rotatable bonds is 1. The molecule has 1 rings (SSSR count). The van der Waals surface area contributed by atoms with Crippen LogP contribution in [0.1, 0.15) is 26.7 Å². The lowest BCUT2D eigenvalue weighted by Gasteiger charge is -2.15. The van der Waals surface area contributed by atoms with Gasteiger partial charge >= 0.3 is 0 Å². The van der Waals surface area contributed by atoms with Crippen molar-refractivity contribution in [3.63, 3.8) is 0 Å². The summed E-state index contributed by atoms with van der Waals surface area (Å²) in [4.78, 5) is 0. The number of aliphatic hydroxyl groups excluding tert-OH is 1. The summed E-state index contributed by atoms with van der Waals surface area (Å²) >= 11 is 0. The third-order valence-corrected chi connectivity index (χ3v) is 2.83. The van der Waals surface area contributed by atoms with E-state index in [2.05, 4.69) is 6.92 Å². The molecule has 0 aromatic heterocycles. The van der Waals surface area contributed by atoms with Gasteiger partial charge in [0, 0.05) is 6.04 Å². The Labute approximate surface area is 62.4 Å². The summed E-state index contributed by atoms with van der Waals surface area (Å²) in [6, 6.07) is 0.222. The van der Waals surface area contributed by atoms with Crippen molar-refractivity contribution in [1.82, 2.24) is 0 Å². The average Bonchev–Trinajstić information content (AvgIpc) is 2.17. The van der Waals surface area contributed by atoms with E-state index >= 15 is 0 Å². The van der Waals surface area contributed by atoms with Crippen LogP contribution >= 0.6 is 0 Å². The monoisotopic (exact) mass is 143 g/mol. The van der Waals surface area contributed by atoms with Gasteiger partial charge in [-0.2, -0.15) is 0 Å². The molecule has 0 aromatic carbocycles. The van der Waals surface area contributed by atoms with E-state index in [9.17, 15) is 5.11 Å². The number of hydrogen-bond acceptors (Lipinski definition) is 2. The molecule has 0 saturated heterocycles. The van der Waals surface area contributed by atoms with Crippen LogP contribution in [0.3, 0.4) is 0 Å². The van der Waals surface area contributed by atoms with E-state index in [1.807, 2.05) is 6.92 Å². The lowest BCUT2D eigenvalue weighted by atomic mass is 9.98. The molecule has 1 aliphatic carbocycles. The fourth-order valence-electron chi connectivity index (χ4n) is 1.81. The summed E-state index contributed by atoms with van der Waals surface area (Å²) in [6.07, 6.45) is 1.85. The number of nitrogens with two attached hydrogens (primary N) is 1. The third-order valence-electron chi connectivity index (χ3n) is 2.83. The van der Waals surface area contributed by atoms with Crippen LogP contribution in [0.15, 0.2) is 0 Å². The predicted molar refractivity (Wildman–Crippen MR) is 41.5 cm³/mol. The van der Waals surface area contributed by atoms with Crippen LogP contribution in [0, 0.1) is 11.8 Å². The quantitative estimate of drug-likeness (QED) is 0.568. The molecule has 1 saturated carbocycles. The maximum atomic E-state index is 9.39. The van der Waals surface area contributed by atoms with Crippen molar-refractivity contribution < 1.29 is 5.11 Å². The van der Waals surface area contributed by atoms with Crippen molar-refractivity contribution in [2.24, 2.45) is 17.6 Å². The Hall–Kier alpha value is -0.0800. The van der Waals surface area contributed by atoms with Gasteiger partial charge in [0.25, 0.3) is 0 Å². The lowest BCUT2D eigenvalue weighted by molar-refractivity contribution is 0.136. The predicted octanol–water partition coefficient (Wildman–Crippen LogP) is 0.741. The first-order valence-electron chi connectivity index (χ1n) is 4.10. The van der Waals surface area contributed by atoms with Gasteiger partial charge in [-0.1, -0.05) is 20.3 Å². The Morgan fingerprint density at radius 2 is 2.20 bits per heavy atom. The van der Waals surface area contributed by atoms with Gasteiger partial charge in [0.2, 0.25) is 0 Å². The molecule has 0 bridgehead atoms. The van der Waals surface area contributed by atoms with Gasteiger partial charge < -0.3 is 10.8 Å². The zero-order valence-corrected chi connectivity index (χ0v) is 6.75. The molecule has 0 heterocycles. The van der Waals surface area contributed by atoms with Crippen LogP contribution in [0.25, 0.3) is 0 Å². The van der Waals surface area contributed by atoms with Crippen molar-refractivity contribution in [2.45, 2.75) is 38.8 Å². The van der Waals surface area contributed by atoms with Crippen LogP contribution in [-0.2, 0) is 0 Å². The van der Waals surface area contributed by atoms with Crippen LogP contribution in [-0.4, -0.2) is 17.3 Å². The molecule has 10 heavy (non-hydrogen) atoms. The smallest absolute Gasteiger partial charge is 0.0583 e. The largest absolute Gasteiger partial charge is 0.393 e. The van der Waals surface area contributed by atoms with Crippen molar-refractivity contribution in [2.75, 3.05) is 0 Å². The highest BCUT2D eigenvalue weighted by atomic mass is 16.3. The van der Waals surface area contributed by atoms with Gasteiger partial charge in [0.05, 0.1) is 6.10 Å². The summed E-state index contributed by atoms with van der Waals surface area (Å²) in [5.74, 6) is 0.843. The summed E-state index contributed by atoms with van der Waals surface area (Å²) < 4.78 is 0. The fraction of sp³-hybridized carbons (Fsp3) is 1.00. The molecule has 1 aliphatic rings. The molecule has 2 heteroatoms.